The predicted molar refractivity (Wildman–Crippen MR) is 119 cm³/mol. The molecule has 0 radical (unpaired) electrons. The van der Waals surface area contributed by atoms with Crippen LogP contribution in [0.4, 0.5) is 10.1 Å². The number of nitrogens with one attached hydrogen (secondary N) is 1. The van der Waals surface area contributed by atoms with Crippen LogP contribution in [-0.4, -0.2) is 55.4 Å². The average Bonchev–Trinajstić information content (AvgIpc) is 3.25. The second-order valence-electron chi connectivity index (χ2n) is 7.92. The predicted octanol–water partition coefficient (Wildman–Crippen LogP) is 2.22. The maximum absolute atomic E-state index is 14.3. The summed E-state index contributed by atoms with van der Waals surface area (Å²) in [5, 5.41) is 19.6. The van der Waals surface area contributed by atoms with E-state index in [0.717, 1.165) is 11.3 Å². The van der Waals surface area contributed by atoms with Crippen molar-refractivity contribution in [1.82, 2.24) is 19.9 Å². The molecule has 3 aromatic heterocycles. The lowest BCUT2D eigenvalue weighted by atomic mass is 10.0. The maximum atomic E-state index is 14.3. The second kappa shape index (κ2) is 8.27. The number of β-amino-alcohol motifs (C(OH)–C–C–N with tert-alkyl or cyclic N) is 1. The maximum Gasteiger partial charge on any atom is 0.158 e. The molecule has 1 aromatic carbocycles. The van der Waals surface area contributed by atoms with Crippen LogP contribution >= 0.6 is 0 Å². The number of pyridine rings is 2. The van der Waals surface area contributed by atoms with E-state index in [4.69, 9.17) is 5.73 Å². The van der Waals surface area contributed by atoms with Gasteiger partial charge in [0, 0.05) is 37.0 Å². The van der Waals surface area contributed by atoms with Gasteiger partial charge < -0.3 is 25.8 Å². The monoisotopic (exact) mass is 434 g/mol. The third-order valence-electron chi connectivity index (χ3n) is 5.87. The number of piperidine rings is 1. The van der Waals surface area contributed by atoms with Gasteiger partial charge in [-0.05, 0) is 36.2 Å². The fourth-order valence-corrected chi connectivity index (χ4v) is 4.01. The summed E-state index contributed by atoms with van der Waals surface area (Å²) in [6.07, 6.45) is 2.43. The Labute approximate surface area is 183 Å². The molecule has 1 aliphatic rings. The molecule has 0 amide bonds. The van der Waals surface area contributed by atoms with Crippen molar-refractivity contribution in [2.24, 2.45) is 5.73 Å². The standard InChI is InChI=1S/C23H23FN6O2/c24-17-9-13(1-2-14(17)10-25)16-5-7-26-23-21(16)28-22(29-23)18-4-3-15(11-27-18)30-8-6-19(31)20(32)12-30/h1-5,7,9,11,19-20,31-32H,6,8,10,12,25H2,(H,26,28,29)/t19-,20-/m0/s1. The highest BCUT2D eigenvalue weighted by Gasteiger charge is 2.26. The smallest absolute Gasteiger partial charge is 0.158 e. The number of fused-ring (bicyclic) bond motifs is 1. The third kappa shape index (κ3) is 3.70. The van der Waals surface area contributed by atoms with Crippen LogP contribution in [0.5, 0.6) is 0 Å². The summed E-state index contributed by atoms with van der Waals surface area (Å²) in [4.78, 5) is 18.7. The molecule has 2 atom stereocenters. The van der Waals surface area contributed by atoms with Crippen LogP contribution in [0.15, 0.2) is 48.8 Å². The number of aliphatic hydroxyl groups excluding tert-OH is 2. The van der Waals surface area contributed by atoms with Crippen molar-refractivity contribution in [3.05, 3.63) is 60.2 Å². The molecule has 1 fully saturated rings. The number of nitrogens with two attached hydrogens (primary N) is 1. The summed E-state index contributed by atoms with van der Waals surface area (Å²) in [6, 6.07) is 10.5. The molecular weight excluding hydrogens is 411 g/mol. The van der Waals surface area contributed by atoms with Gasteiger partial charge in [-0.2, -0.15) is 0 Å². The van der Waals surface area contributed by atoms with E-state index in [-0.39, 0.29) is 12.4 Å². The number of hydrogen-bond donors (Lipinski definition) is 4. The van der Waals surface area contributed by atoms with Crippen molar-refractivity contribution < 1.29 is 14.6 Å². The Morgan fingerprint density at radius 3 is 2.72 bits per heavy atom. The number of halogens is 1. The van der Waals surface area contributed by atoms with Crippen molar-refractivity contribution in [3.63, 3.8) is 0 Å². The summed E-state index contributed by atoms with van der Waals surface area (Å²) in [5.41, 5.74) is 10.2. The van der Waals surface area contributed by atoms with E-state index in [9.17, 15) is 14.6 Å². The molecule has 0 aliphatic carbocycles. The summed E-state index contributed by atoms with van der Waals surface area (Å²) >= 11 is 0. The number of H-pyrrole nitrogens is 1. The minimum Gasteiger partial charge on any atom is -0.390 e. The zero-order chi connectivity index (χ0) is 22.2. The van der Waals surface area contributed by atoms with Gasteiger partial charge in [0.05, 0.1) is 24.1 Å². The first-order valence-electron chi connectivity index (χ1n) is 10.4. The molecule has 0 saturated carbocycles. The molecule has 1 saturated heterocycles. The quantitative estimate of drug-likeness (QED) is 0.388. The van der Waals surface area contributed by atoms with Crippen molar-refractivity contribution in [1.29, 1.82) is 0 Å². The highest BCUT2D eigenvalue weighted by Crippen LogP contribution is 2.30. The summed E-state index contributed by atoms with van der Waals surface area (Å²) in [6.45, 7) is 1.15. The number of nitrogens with zero attached hydrogens (tertiary/aromatic N) is 4. The van der Waals surface area contributed by atoms with Crippen molar-refractivity contribution in [2.45, 2.75) is 25.2 Å². The van der Waals surface area contributed by atoms with Crippen molar-refractivity contribution in [2.75, 3.05) is 18.0 Å². The van der Waals surface area contributed by atoms with E-state index < -0.39 is 12.2 Å². The zero-order valence-electron chi connectivity index (χ0n) is 17.2. The minimum atomic E-state index is -0.771. The van der Waals surface area contributed by atoms with Crippen LogP contribution in [0, 0.1) is 5.82 Å². The molecule has 4 aromatic rings. The number of hydrogen-bond acceptors (Lipinski definition) is 7. The lowest BCUT2D eigenvalue weighted by Gasteiger charge is -2.34. The van der Waals surface area contributed by atoms with E-state index in [0.29, 0.717) is 53.3 Å². The molecule has 0 spiro atoms. The first-order chi connectivity index (χ1) is 15.5. The van der Waals surface area contributed by atoms with Crippen molar-refractivity contribution >= 4 is 16.9 Å². The van der Waals surface area contributed by atoms with E-state index >= 15 is 0 Å². The molecule has 164 valence electrons. The molecular formula is C23H23FN6O2. The number of aromatic nitrogens is 4. The molecule has 0 bridgehead atoms. The van der Waals surface area contributed by atoms with Gasteiger partial charge in [-0.1, -0.05) is 12.1 Å². The van der Waals surface area contributed by atoms with Gasteiger partial charge in [-0.15, -0.1) is 0 Å². The van der Waals surface area contributed by atoms with Gasteiger partial charge >= 0.3 is 0 Å². The first-order valence-corrected chi connectivity index (χ1v) is 10.4. The Kier molecular flexibility index (Phi) is 5.30. The third-order valence-corrected chi connectivity index (χ3v) is 5.87. The van der Waals surface area contributed by atoms with E-state index in [1.165, 1.54) is 6.07 Å². The van der Waals surface area contributed by atoms with Crippen LogP contribution < -0.4 is 10.6 Å². The van der Waals surface area contributed by atoms with Gasteiger partial charge in [0.2, 0.25) is 0 Å². The number of aromatic amines is 1. The summed E-state index contributed by atoms with van der Waals surface area (Å²) in [5.74, 6) is 0.206. The second-order valence-corrected chi connectivity index (χ2v) is 7.92. The van der Waals surface area contributed by atoms with E-state index in [1.54, 1.807) is 24.5 Å². The Hall–Kier alpha value is -3.40. The number of anilines is 1. The van der Waals surface area contributed by atoms with Crippen LogP contribution in [0.3, 0.4) is 0 Å². The van der Waals surface area contributed by atoms with Gasteiger partial charge in [0.1, 0.15) is 17.0 Å². The molecule has 32 heavy (non-hydrogen) atoms. The lowest BCUT2D eigenvalue weighted by Crippen LogP contribution is -2.46. The summed E-state index contributed by atoms with van der Waals surface area (Å²) in [7, 11) is 0. The summed E-state index contributed by atoms with van der Waals surface area (Å²) < 4.78 is 14.3. The fourth-order valence-electron chi connectivity index (χ4n) is 4.01. The van der Waals surface area contributed by atoms with Crippen LogP contribution in [-0.2, 0) is 6.54 Å². The van der Waals surface area contributed by atoms with E-state index in [2.05, 4.69) is 19.9 Å². The Balaban J connectivity index is 1.46. The SMILES string of the molecule is NCc1ccc(-c2ccnc3[nH]c(-c4ccc(N5CC[C@H](O)[C@@H](O)C5)cn4)nc23)cc1F. The highest BCUT2D eigenvalue weighted by atomic mass is 19.1. The fraction of sp³-hybridized carbons (Fsp3) is 0.261. The Bertz CT molecular complexity index is 1260. The number of aliphatic hydroxyl groups is 2. The molecule has 8 nitrogen and oxygen atoms in total. The van der Waals surface area contributed by atoms with Gasteiger partial charge in [-0.25, -0.2) is 14.4 Å². The largest absolute Gasteiger partial charge is 0.390 e. The molecule has 5 N–H and O–H groups in total. The Morgan fingerprint density at radius 2 is 2.00 bits per heavy atom. The van der Waals surface area contributed by atoms with Crippen LogP contribution in [0.2, 0.25) is 0 Å². The van der Waals surface area contributed by atoms with Crippen LogP contribution in [0.25, 0.3) is 33.8 Å². The average molecular weight is 434 g/mol. The van der Waals surface area contributed by atoms with Gasteiger partial charge in [0.15, 0.2) is 11.5 Å². The molecule has 1 aliphatic heterocycles. The molecule has 4 heterocycles. The molecule has 5 rings (SSSR count). The normalized spacial score (nSPS) is 18.9. The zero-order valence-corrected chi connectivity index (χ0v) is 17.2. The van der Waals surface area contributed by atoms with E-state index in [1.807, 2.05) is 23.1 Å². The highest BCUT2D eigenvalue weighted by molar-refractivity contribution is 5.91. The molecule has 0 unspecified atom stereocenters. The van der Waals surface area contributed by atoms with Gasteiger partial charge in [0.25, 0.3) is 0 Å². The number of imidazole rings is 1. The minimum absolute atomic E-state index is 0.142. The topological polar surface area (TPSA) is 124 Å². The molecule has 9 heteroatoms. The number of benzene rings is 1. The van der Waals surface area contributed by atoms with Crippen molar-refractivity contribution in [3.8, 4) is 22.6 Å². The Morgan fingerprint density at radius 1 is 1.12 bits per heavy atom. The van der Waals surface area contributed by atoms with Crippen LogP contribution in [0.1, 0.15) is 12.0 Å². The first kappa shape index (κ1) is 20.5. The number of rotatable bonds is 4. The van der Waals surface area contributed by atoms with Gasteiger partial charge in [-0.3, -0.25) is 4.98 Å². The lowest BCUT2D eigenvalue weighted by molar-refractivity contribution is 0.00801.